The van der Waals surface area contributed by atoms with Gasteiger partial charge in [0.1, 0.15) is 0 Å². The Morgan fingerprint density at radius 1 is 1.15 bits per heavy atom. The van der Waals surface area contributed by atoms with Gasteiger partial charge in [-0.15, -0.1) is 0 Å². The lowest BCUT2D eigenvalue weighted by Crippen LogP contribution is -2.60. The Kier molecular flexibility index (Phi) is 4.40. The zero-order chi connectivity index (χ0) is 14.1. The average Bonchev–Trinajstić information content (AvgIpc) is 3.10. The van der Waals surface area contributed by atoms with Crippen LogP contribution < -0.4 is 5.32 Å². The monoisotopic (exact) mass is 280 g/mol. The summed E-state index contributed by atoms with van der Waals surface area (Å²) >= 11 is 0. The molecule has 1 spiro atoms. The van der Waals surface area contributed by atoms with E-state index in [2.05, 4.69) is 24.1 Å². The molecule has 0 bridgehead atoms. The lowest BCUT2D eigenvalue weighted by atomic mass is 9.90. The number of nitrogens with one attached hydrogen (secondary N) is 1. The van der Waals surface area contributed by atoms with Crippen LogP contribution in [0.5, 0.6) is 0 Å². The van der Waals surface area contributed by atoms with Gasteiger partial charge in [-0.3, -0.25) is 4.90 Å². The second-order valence-electron chi connectivity index (χ2n) is 7.32. The van der Waals surface area contributed by atoms with Crippen LogP contribution in [0.4, 0.5) is 0 Å². The van der Waals surface area contributed by atoms with Crippen LogP contribution in [0, 0.1) is 0 Å². The molecule has 0 aromatic heterocycles. The zero-order valence-corrected chi connectivity index (χ0v) is 13.4. The highest BCUT2D eigenvalue weighted by Gasteiger charge is 2.43. The van der Waals surface area contributed by atoms with E-state index in [0.29, 0.717) is 17.2 Å². The van der Waals surface area contributed by atoms with Gasteiger partial charge < -0.3 is 10.1 Å². The van der Waals surface area contributed by atoms with Crippen molar-refractivity contribution in [2.45, 2.75) is 82.5 Å². The van der Waals surface area contributed by atoms with Gasteiger partial charge in [0.25, 0.3) is 0 Å². The van der Waals surface area contributed by atoms with Crippen molar-refractivity contribution < 1.29 is 4.74 Å². The second-order valence-corrected chi connectivity index (χ2v) is 7.32. The SMILES string of the molecule is CCC1(CC)CN(CC2CCC3(CCCC3)O2)CCN1. The molecule has 116 valence electrons. The highest BCUT2D eigenvalue weighted by atomic mass is 16.5. The maximum absolute atomic E-state index is 6.49. The molecule has 3 rings (SSSR count). The van der Waals surface area contributed by atoms with Gasteiger partial charge in [0.15, 0.2) is 0 Å². The molecule has 1 N–H and O–H groups in total. The molecule has 0 amide bonds. The number of rotatable bonds is 4. The summed E-state index contributed by atoms with van der Waals surface area (Å²) in [7, 11) is 0. The van der Waals surface area contributed by atoms with Gasteiger partial charge in [-0.05, 0) is 38.5 Å². The number of hydrogen-bond donors (Lipinski definition) is 1. The normalized spacial score (nSPS) is 33.0. The lowest BCUT2D eigenvalue weighted by Gasteiger charge is -2.44. The molecule has 3 nitrogen and oxygen atoms in total. The van der Waals surface area contributed by atoms with E-state index in [-0.39, 0.29) is 0 Å². The smallest absolute Gasteiger partial charge is 0.0710 e. The Bertz CT molecular complexity index is 321. The summed E-state index contributed by atoms with van der Waals surface area (Å²) in [5.74, 6) is 0. The summed E-state index contributed by atoms with van der Waals surface area (Å²) < 4.78 is 6.49. The van der Waals surface area contributed by atoms with E-state index in [9.17, 15) is 0 Å². The van der Waals surface area contributed by atoms with E-state index in [4.69, 9.17) is 4.74 Å². The number of ether oxygens (including phenoxy) is 1. The van der Waals surface area contributed by atoms with E-state index in [1.807, 2.05) is 0 Å². The van der Waals surface area contributed by atoms with E-state index in [0.717, 1.165) is 13.1 Å². The van der Waals surface area contributed by atoms with Crippen molar-refractivity contribution in [2.75, 3.05) is 26.2 Å². The summed E-state index contributed by atoms with van der Waals surface area (Å²) in [6, 6.07) is 0. The van der Waals surface area contributed by atoms with Gasteiger partial charge in [0, 0.05) is 31.7 Å². The second kappa shape index (κ2) is 5.94. The highest BCUT2D eigenvalue weighted by Crippen LogP contribution is 2.43. The van der Waals surface area contributed by atoms with Gasteiger partial charge in [-0.1, -0.05) is 26.7 Å². The van der Waals surface area contributed by atoms with Crippen molar-refractivity contribution in [2.24, 2.45) is 0 Å². The van der Waals surface area contributed by atoms with Crippen LogP contribution in [0.15, 0.2) is 0 Å². The first-order valence-electron chi connectivity index (χ1n) is 8.84. The summed E-state index contributed by atoms with van der Waals surface area (Å²) in [4.78, 5) is 2.65. The van der Waals surface area contributed by atoms with Crippen molar-refractivity contribution in [3.05, 3.63) is 0 Å². The van der Waals surface area contributed by atoms with Gasteiger partial charge in [-0.25, -0.2) is 0 Å². The van der Waals surface area contributed by atoms with E-state index >= 15 is 0 Å². The van der Waals surface area contributed by atoms with Crippen molar-refractivity contribution >= 4 is 0 Å². The summed E-state index contributed by atoms with van der Waals surface area (Å²) in [6.45, 7) is 9.32. The molecule has 3 heteroatoms. The fraction of sp³-hybridized carbons (Fsp3) is 1.00. The Balaban J connectivity index is 1.53. The molecular formula is C17H32N2O. The van der Waals surface area contributed by atoms with Gasteiger partial charge >= 0.3 is 0 Å². The third-order valence-electron chi connectivity index (χ3n) is 6.12. The maximum Gasteiger partial charge on any atom is 0.0710 e. The fourth-order valence-electron chi connectivity index (χ4n) is 4.62. The van der Waals surface area contributed by atoms with E-state index in [1.54, 1.807) is 0 Å². The van der Waals surface area contributed by atoms with Gasteiger partial charge in [0.2, 0.25) is 0 Å². The summed E-state index contributed by atoms with van der Waals surface area (Å²) in [5.41, 5.74) is 0.646. The minimum absolute atomic E-state index is 0.297. The molecule has 1 aliphatic carbocycles. The van der Waals surface area contributed by atoms with Crippen LogP contribution in [0.25, 0.3) is 0 Å². The molecule has 2 saturated heterocycles. The van der Waals surface area contributed by atoms with Crippen molar-refractivity contribution in [3.63, 3.8) is 0 Å². The molecule has 1 saturated carbocycles. The molecule has 0 radical (unpaired) electrons. The van der Waals surface area contributed by atoms with Crippen LogP contribution in [-0.4, -0.2) is 48.3 Å². The molecule has 3 fully saturated rings. The maximum atomic E-state index is 6.49. The first-order chi connectivity index (χ1) is 9.69. The first-order valence-corrected chi connectivity index (χ1v) is 8.84. The molecular weight excluding hydrogens is 248 g/mol. The minimum atomic E-state index is 0.297. The molecule has 0 aromatic carbocycles. The van der Waals surface area contributed by atoms with Gasteiger partial charge in [-0.2, -0.15) is 0 Å². The number of hydrogen-bond acceptors (Lipinski definition) is 3. The molecule has 0 aromatic rings. The van der Waals surface area contributed by atoms with Crippen LogP contribution in [0.3, 0.4) is 0 Å². The molecule has 20 heavy (non-hydrogen) atoms. The van der Waals surface area contributed by atoms with Gasteiger partial charge in [0.05, 0.1) is 11.7 Å². The Morgan fingerprint density at radius 3 is 2.60 bits per heavy atom. The predicted molar refractivity (Wildman–Crippen MR) is 83.1 cm³/mol. The number of piperazine rings is 1. The summed E-state index contributed by atoms with van der Waals surface area (Å²) in [5, 5.41) is 3.75. The number of nitrogens with zero attached hydrogens (tertiary/aromatic N) is 1. The van der Waals surface area contributed by atoms with Crippen LogP contribution in [0.1, 0.15) is 65.2 Å². The largest absolute Gasteiger partial charge is 0.370 e. The Labute approximate surface area is 124 Å². The Morgan fingerprint density at radius 2 is 1.90 bits per heavy atom. The van der Waals surface area contributed by atoms with Crippen molar-refractivity contribution in [3.8, 4) is 0 Å². The molecule has 1 unspecified atom stereocenters. The fourth-order valence-corrected chi connectivity index (χ4v) is 4.62. The highest BCUT2D eigenvalue weighted by molar-refractivity contribution is 4.96. The quantitative estimate of drug-likeness (QED) is 0.857. The topological polar surface area (TPSA) is 24.5 Å². The third-order valence-corrected chi connectivity index (χ3v) is 6.12. The first kappa shape index (κ1) is 14.8. The Hall–Kier alpha value is -0.120. The van der Waals surface area contributed by atoms with Crippen LogP contribution in [-0.2, 0) is 4.74 Å². The molecule has 2 aliphatic heterocycles. The van der Waals surface area contributed by atoms with Crippen LogP contribution >= 0.6 is 0 Å². The molecule has 2 heterocycles. The standard InChI is InChI=1S/C17H32N2O/c1-3-16(4-2)14-19(12-11-18-16)13-15-7-10-17(20-15)8-5-6-9-17/h15,18H,3-14H2,1-2H3. The third kappa shape index (κ3) is 2.90. The van der Waals surface area contributed by atoms with E-state index in [1.165, 1.54) is 64.5 Å². The van der Waals surface area contributed by atoms with E-state index < -0.39 is 0 Å². The molecule has 1 atom stereocenters. The summed E-state index contributed by atoms with van der Waals surface area (Å²) in [6.07, 6.45) is 11.0. The zero-order valence-electron chi connectivity index (χ0n) is 13.4. The molecule has 3 aliphatic rings. The average molecular weight is 280 g/mol. The van der Waals surface area contributed by atoms with Crippen molar-refractivity contribution in [1.82, 2.24) is 10.2 Å². The van der Waals surface area contributed by atoms with Crippen molar-refractivity contribution in [1.29, 1.82) is 0 Å². The lowest BCUT2D eigenvalue weighted by molar-refractivity contribution is -0.0522. The predicted octanol–water partition coefficient (Wildman–Crippen LogP) is 2.94. The van der Waals surface area contributed by atoms with Crippen LogP contribution in [0.2, 0.25) is 0 Å². The minimum Gasteiger partial charge on any atom is -0.370 e.